The maximum Gasteiger partial charge on any atom is 0.308 e. The Hall–Kier alpha value is -1.42. The zero-order valence-corrected chi connectivity index (χ0v) is 15.4. The van der Waals surface area contributed by atoms with Crippen molar-refractivity contribution < 1.29 is 19.4 Å². The number of aliphatic hydroxyl groups is 1. The molecule has 0 aromatic heterocycles. The third-order valence-electron chi connectivity index (χ3n) is 7.66. The van der Waals surface area contributed by atoms with Crippen molar-refractivity contribution in [2.75, 3.05) is 0 Å². The highest BCUT2D eigenvalue weighted by Gasteiger charge is 2.59. The normalized spacial score (nSPS) is 45.7. The molecular weight excluding hydrogens is 316 g/mol. The maximum absolute atomic E-state index is 12.9. The SMILES string of the molecule is CC(=O)OC1=C[C@H]2[C@@H]3CC=C4C[C@@H](O)CC[C@]4(C)[C@H]3CC[C@]2(C)C1=O. The quantitative estimate of drug-likeness (QED) is 0.584. The van der Waals surface area contributed by atoms with Crippen molar-refractivity contribution in [1.29, 1.82) is 0 Å². The fourth-order valence-electron chi connectivity index (χ4n) is 6.22. The number of rotatable bonds is 1. The summed E-state index contributed by atoms with van der Waals surface area (Å²) in [5.74, 6) is 0.954. The lowest BCUT2D eigenvalue weighted by atomic mass is 9.48. The number of carbonyl (C=O) groups excluding carboxylic acids is 2. The zero-order chi connectivity index (χ0) is 18.0. The van der Waals surface area contributed by atoms with Gasteiger partial charge in [0, 0.05) is 12.3 Å². The second kappa shape index (κ2) is 5.54. The monoisotopic (exact) mass is 344 g/mol. The number of aliphatic hydroxyl groups excluding tert-OH is 1. The van der Waals surface area contributed by atoms with Crippen LogP contribution in [0.15, 0.2) is 23.5 Å². The van der Waals surface area contributed by atoms with E-state index in [1.165, 1.54) is 12.5 Å². The minimum atomic E-state index is -0.429. The third-order valence-corrected chi connectivity index (χ3v) is 7.66. The summed E-state index contributed by atoms with van der Waals surface area (Å²) in [6, 6.07) is 0. The van der Waals surface area contributed by atoms with Crippen LogP contribution in [0.1, 0.15) is 59.3 Å². The summed E-state index contributed by atoms with van der Waals surface area (Å²) in [7, 11) is 0. The van der Waals surface area contributed by atoms with Crippen LogP contribution in [0.25, 0.3) is 0 Å². The number of Topliss-reactive ketones (excluding diaryl/α,β-unsaturated/α-hetero) is 1. The van der Waals surface area contributed by atoms with E-state index >= 15 is 0 Å². The Morgan fingerprint density at radius 2 is 1.96 bits per heavy atom. The Kier molecular flexibility index (Phi) is 3.77. The summed E-state index contributed by atoms with van der Waals surface area (Å²) in [4.78, 5) is 24.2. The van der Waals surface area contributed by atoms with Crippen LogP contribution in [-0.2, 0) is 14.3 Å². The number of ether oxygens (including phenoxy) is 1. The van der Waals surface area contributed by atoms with E-state index in [0.29, 0.717) is 11.8 Å². The molecule has 1 N–H and O–H groups in total. The largest absolute Gasteiger partial charge is 0.423 e. The van der Waals surface area contributed by atoms with Gasteiger partial charge in [-0.05, 0) is 67.8 Å². The van der Waals surface area contributed by atoms with Gasteiger partial charge >= 0.3 is 5.97 Å². The maximum atomic E-state index is 12.9. The molecule has 0 amide bonds. The Balaban J connectivity index is 1.69. The van der Waals surface area contributed by atoms with E-state index in [0.717, 1.165) is 38.5 Å². The summed E-state index contributed by atoms with van der Waals surface area (Å²) in [6.45, 7) is 5.76. The van der Waals surface area contributed by atoms with E-state index in [1.807, 2.05) is 6.08 Å². The van der Waals surface area contributed by atoms with Gasteiger partial charge in [0.25, 0.3) is 0 Å². The fourth-order valence-corrected chi connectivity index (χ4v) is 6.22. The van der Waals surface area contributed by atoms with Gasteiger partial charge in [0.1, 0.15) is 0 Å². The molecule has 0 unspecified atom stereocenters. The van der Waals surface area contributed by atoms with Gasteiger partial charge in [-0.3, -0.25) is 9.59 Å². The molecule has 4 aliphatic rings. The van der Waals surface area contributed by atoms with Gasteiger partial charge in [0.05, 0.1) is 6.10 Å². The summed E-state index contributed by atoms with van der Waals surface area (Å²) >= 11 is 0. The lowest BCUT2D eigenvalue weighted by Crippen LogP contribution is -2.50. The van der Waals surface area contributed by atoms with Crippen molar-refractivity contribution in [1.82, 2.24) is 0 Å². The van der Waals surface area contributed by atoms with Crippen molar-refractivity contribution >= 4 is 11.8 Å². The molecule has 2 fully saturated rings. The van der Waals surface area contributed by atoms with Crippen LogP contribution in [0.2, 0.25) is 0 Å². The minimum Gasteiger partial charge on any atom is -0.423 e. The molecule has 0 aromatic carbocycles. The predicted molar refractivity (Wildman–Crippen MR) is 93.3 cm³/mol. The van der Waals surface area contributed by atoms with Crippen molar-refractivity contribution in [2.45, 2.75) is 65.4 Å². The summed E-state index contributed by atoms with van der Waals surface area (Å²) in [5.41, 5.74) is 1.14. The Labute approximate surface area is 149 Å². The molecule has 0 bridgehead atoms. The molecule has 2 saturated carbocycles. The van der Waals surface area contributed by atoms with Crippen molar-refractivity contribution in [3.63, 3.8) is 0 Å². The predicted octanol–water partition coefficient (Wildman–Crippen LogP) is 3.55. The molecule has 4 rings (SSSR count). The average Bonchev–Trinajstić information content (AvgIpc) is 2.79. The first kappa shape index (κ1) is 17.0. The van der Waals surface area contributed by atoms with Crippen molar-refractivity contribution in [2.24, 2.45) is 28.6 Å². The third kappa shape index (κ3) is 2.37. The Morgan fingerprint density at radius 3 is 2.68 bits per heavy atom. The van der Waals surface area contributed by atoms with Gasteiger partial charge in [-0.25, -0.2) is 0 Å². The highest BCUT2D eigenvalue weighted by atomic mass is 16.5. The molecule has 25 heavy (non-hydrogen) atoms. The smallest absolute Gasteiger partial charge is 0.308 e. The molecule has 4 nitrogen and oxygen atoms in total. The number of fused-ring (bicyclic) bond motifs is 5. The molecular formula is C21H28O4. The van der Waals surface area contributed by atoms with Crippen LogP contribution < -0.4 is 0 Å². The molecule has 0 aromatic rings. The molecule has 4 heteroatoms. The molecule has 0 saturated heterocycles. The van der Waals surface area contributed by atoms with Crippen LogP contribution in [0.5, 0.6) is 0 Å². The second-order valence-electron chi connectivity index (χ2n) is 8.99. The molecule has 6 atom stereocenters. The summed E-state index contributed by atoms with van der Waals surface area (Å²) < 4.78 is 5.23. The standard InChI is InChI=1S/C21H28O4/c1-12(22)25-18-11-17-15-5-4-13-10-14(23)6-8-20(13,2)16(15)7-9-21(17,3)19(18)24/h4,11,14-17,23H,5-10H2,1-3H3/t14-,15+,16-,17-,20-,21-/m0/s1. The lowest BCUT2D eigenvalue weighted by molar-refractivity contribution is -0.143. The van der Waals surface area contributed by atoms with Gasteiger partial charge in [-0.15, -0.1) is 0 Å². The van der Waals surface area contributed by atoms with Crippen LogP contribution in [0, 0.1) is 28.6 Å². The number of allylic oxidation sites excluding steroid dienone is 3. The highest BCUT2D eigenvalue weighted by Crippen LogP contribution is 2.63. The van der Waals surface area contributed by atoms with Crippen molar-refractivity contribution in [3.8, 4) is 0 Å². The van der Waals surface area contributed by atoms with Crippen LogP contribution in [-0.4, -0.2) is 23.0 Å². The van der Waals surface area contributed by atoms with Gasteiger partial charge in [-0.1, -0.05) is 25.5 Å². The van der Waals surface area contributed by atoms with Crippen LogP contribution in [0.3, 0.4) is 0 Å². The average molecular weight is 344 g/mol. The molecule has 0 heterocycles. The van der Waals surface area contributed by atoms with E-state index in [2.05, 4.69) is 19.9 Å². The lowest BCUT2D eigenvalue weighted by Gasteiger charge is -2.56. The Bertz CT molecular complexity index is 690. The number of hydrogen-bond donors (Lipinski definition) is 1. The second-order valence-corrected chi connectivity index (χ2v) is 8.99. The van der Waals surface area contributed by atoms with E-state index in [9.17, 15) is 14.7 Å². The van der Waals surface area contributed by atoms with E-state index in [1.54, 1.807) is 0 Å². The Morgan fingerprint density at radius 1 is 1.24 bits per heavy atom. The van der Waals surface area contributed by atoms with E-state index in [4.69, 9.17) is 4.74 Å². The minimum absolute atomic E-state index is 0.00476. The van der Waals surface area contributed by atoms with Gasteiger partial charge in [-0.2, -0.15) is 0 Å². The summed E-state index contributed by atoms with van der Waals surface area (Å²) in [5, 5.41) is 10.1. The zero-order valence-electron chi connectivity index (χ0n) is 15.4. The van der Waals surface area contributed by atoms with E-state index in [-0.39, 0.29) is 29.0 Å². The first-order chi connectivity index (χ1) is 11.8. The van der Waals surface area contributed by atoms with Gasteiger partial charge in [0.15, 0.2) is 5.76 Å². The molecule has 0 aliphatic heterocycles. The molecule has 0 radical (unpaired) electrons. The van der Waals surface area contributed by atoms with Crippen LogP contribution in [0.4, 0.5) is 0 Å². The van der Waals surface area contributed by atoms with E-state index < -0.39 is 11.4 Å². The van der Waals surface area contributed by atoms with Gasteiger partial charge < -0.3 is 9.84 Å². The highest BCUT2D eigenvalue weighted by molar-refractivity contribution is 6.02. The van der Waals surface area contributed by atoms with Crippen LogP contribution >= 0.6 is 0 Å². The van der Waals surface area contributed by atoms with Gasteiger partial charge in [0.2, 0.25) is 5.78 Å². The number of carbonyl (C=O) groups is 2. The number of esters is 1. The molecule has 136 valence electrons. The summed E-state index contributed by atoms with van der Waals surface area (Å²) in [6.07, 6.45) is 9.62. The number of ketones is 1. The first-order valence-electron chi connectivity index (χ1n) is 9.58. The molecule has 0 spiro atoms. The number of hydrogen-bond acceptors (Lipinski definition) is 4. The topological polar surface area (TPSA) is 63.6 Å². The van der Waals surface area contributed by atoms with Crippen molar-refractivity contribution in [3.05, 3.63) is 23.5 Å². The fraction of sp³-hybridized carbons (Fsp3) is 0.714. The first-order valence-corrected chi connectivity index (χ1v) is 9.58. The molecule has 4 aliphatic carbocycles.